The van der Waals surface area contributed by atoms with E-state index in [1.807, 2.05) is 31.2 Å². The molecule has 0 atom stereocenters. The fraction of sp³-hybridized carbons (Fsp3) is 0.533. The molecule has 0 aliphatic heterocycles. The van der Waals surface area contributed by atoms with Crippen molar-refractivity contribution in [3.8, 4) is 5.75 Å². The van der Waals surface area contributed by atoms with E-state index >= 15 is 0 Å². The zero-order valence-corrected chi connectivity index (χ0v) is 10.9. The quantitative estimate of drug-likeness (QED) is 0.786. The molecular formula is C15H21NO2. The van der Waals surface area contributed by atoms with Crippen LogP contribution in [-0.2, 0) is 0 Å². The molecular weight excluding hydrogens is 226 g/mol. The fourth-order valence-corrected chi connectivity index (χ4v) is 2.50. The van der Waals surface area contributed by atoms with Crippen molar-refractivity contribution >= 4 is 5.78 Å². The number of hydrogen-bond donors (Lipinski definition) is 1. The van der Waals surface area contributed by atoms with Crippen molar-refractivity contribution in [1.29, 1.82) is 0 Å². The molecule has 0 aromatic heterocycles. The molecule has 0 heterocycles. The maximum atomic E-state index is 12.3. The first kappa shape index (κ1) is 13.1. The molecule has 1 aliphatic carbocycles. The maximum absolute atomic E-state index is 12.3. The van der Waals surface area contributed by atoms with E-state index in [0.29, 0.717) is 19.6 Å². The summed E-state index contributed by atoms with van der Waals surface area (Å²) in [6.07, 6.45) is 3.93. The van der Waals surface area contributed by atoms with Crippen molar-refractivity contribution < 1.29 is 9.53 Å². The highest BCUT2D eigenvalue weighted by Gasteiger charge is 2.37. The lowest BCUT2D eigenvalue weighted by molar-refractivity contribution is 0.0785. The Hall–Kier alpha value is -1.35. The number of ketones is 1. The van der Waals surface area contributed by atoms with E-state index < -0.39 is 0 Å². The second kappa shape index (κ2) is 5.53. The Morgan fingerprint density at radius 3 is 2.78 bits per heavy atom. The average molecular weight is 247 g/mol. The Balaban J connectivity index is 2.06. The number of benzene rings is 1. The molecule has 2 N–H and O–H groups in total. The van der Waals surface area contributed by atoms with Gasteiger partial charge in [0.2, 0.25) is 0 Å². The number of Topliss-reactive ketones (excluding diaryl/α,β-unsaturated/α-hetero) is 1. The molecule has 0 radical (unpaired) electrons. The first-order valence-corrected chi connectivity index (χ1v) is 6.65. The van der Waals surface area contributed by atoms with Gasteiger partial charge in [0.25, 0.3) is 0 Å². The van der Waals surface area contributed by atoms with Gasteiger partial charge >= 0.3 is 0 Å². The molecule has 0 unspecified atom stereocenters. The minimum absolute atomic E-state index is 0.0682. The highest BCUT2D eigenvalue weighted by atomic mass is 16.5. The maximum Gasteiger partial charge on any atom is 0.163 e. The molecule has 1 aromatic carbocycles. The van der Waals surface area contributed by atoms with Crippen molar-refractivity contribution in [3.05, 3.63) is 29.8 Å². The summed E-state index contributed by atoms with van der Waals surface area (Å²) in [6, 6.07) is 7.43. The van der Waals surface area contributed by atoms with Crippen LogP contribution in [0.5, 0.6) is 5.75 Å². The fourth-order valence-electron chi connectivity index (χ4n) is 2.50. The summed E-state index contributed by atoms with van der Waals surface area (Å²) >= 11 is 0. The van der Waals surface area contributed by atoms with E-state index in [2.05, 4.69) is 0 Å². The smallest absolute Gasteiger partial charge is 0.163 e. The SMILES string of the molecule is CCOc1cccc(C(=O)CC2(CN)CCC2)c1. The van der Waals surface area contributed by atoms with Crippen LogP contribution in [-0.4, -0.2) is 18.9 Å². The molecule has 3 nitrogen and oxygen atoms in total. The lowest BCUT2D eigenvalue weighted by Crippen LogP contribution is -2.39. The zero-order valence-electron chi connectivity index (χ0n) is 10.9. The highest BCUT2D eigenvalue weighted by Crippen LogP contribution is 2.43. The van der Waals surface area contributed by atoms with Gasteiger partial charge in [-0.15, -0.1) is 0 Å². The summed E-state index contributed by atoms with van der Waals surface area (Å²) in [7, 11) is 0. The van der Waals surface area contributed by atoms with Gasteiger partial charge in [-0.2, -0.15) is 0 Å². The number of rotatable bonds is 6. The van der Waals surface area contributed by atoms with E-state index in [1.165, 1.54) is 6.42 Å². The van der Waals surface area contributed by atoms with Gasteiger partial charge < -0.3 is 10.5 Å². The first-order chi connectivity index (χ1) is 8.69. The van der Waals surface area contributed by atoms with Gasteiger partial charge in [0.05, 0.1) is 6.61 Å². The molecule has 0 spiro atoms. The van der Waals surface area contributed by atoms with Crippen LogP contribution in [0.3, 0.4) is 0 Å². The molecule has 2 rings (SSSR count). The summed E-state index contributed by atoms with van der Waals surface area (Å²) in [5, 5.41) is 0. The largest absolute Gasteiger partial charge is 0.494 e. The van der Waals surface area contributed by atoms with Crippen LogP contribution < -0.4 is 10.5 Å². The van der Waals surface area contributed by atoms with Gasteiger partial charge in [-0.05, 0) is 43.9 Å². The monoisotopic (exact) mass is 247 g/mol. The molecule has 18 heavy (non-hydrogen) atoms. The molecule has 1 saturated carbocycles. The van der Waals surface area contributed by atoms with Crippen molar-refractivity contribution in [2.75, 3.05) is 13.2 Å². The van der Waals surface area contributed by atoms with Gasteiger partial charge in [0, 0.05) is 12.0 Å². The second-order valence-electron chi connectivity index (χ2n) is 5.12. The summed E-state index contributed by atoms with van der Waals surface area (Å²) in [5.41, 5.74) is 6.60. The Bertz CT molecular complexity index is 419. The third kappa shape index (κ3) is 2.72. The molecule has 0 bridgehead atoms. The molecule has 0 amide bonds. The highest BCUT2D eigenvalue weighted by molar-refractivity contribution is 5.96. The predicted octanol–water partition coefficient (Wildman–Crippen LogP) is 2.79. The van der Waals surface area contributed by atoms with Crippen LogP contribution in [0.1, 0.15) is 43.0 Å². The number of carbonyl (C=O) groups excluding carboxylic acids is 1. The Labute approximate surface area is 108 Å². The zero-order chi connectivity index (χ0) is 13.0. The molecule has 1 aromatic rings. The molecule has 1 fully saturated rings. The molecule has 1 aliphatic rings. The number of nitrogens with two attached hydrogens (primary N) is 1. The lowest BCUT2D eigenvalue weighted by atomic mass is 9.65. The third-order valence-electron chi connectivity index (χ3n) is 3.85. The minimum Gasteiger partial charge on any atom is -0.494 e. The van der Waals surface area contributed by atoms with Crippen molar-refractivity contribution in [2.45, 2.75) is 32.6 Å². The van der Waals surface area contributed by atoms with Crippen LogP contribution in [0.15, 0.2) is 24.3 Å². The van der Waals surface area contributed by atoms with Gasteiger partial charge in [0.15, 0.2) is 5.78 Å². The molecule has 3 heteroatoms. The number of carbonyl (C=O) groups is 1. The topological polar surface area (TPSA) is 52.3 Å². The Morgan fingerprint density at radius 2 is 2.22 bits per heavy atom. The summed E-state index contributed by atoms with van der Waals surface area (Å²) in [5.74, 6) is 0.945. The van der Waals surface area contributed by atoms with Crippen molar-refractivity contribution in [2.24, 2.45) is 11.1 Å². The van der Waals surface area contributed by atoms with Crippen LogP contribution in [0.4, 0.5) is 0 Å². The van der Waals surface area contributed by atoms with Crippen LogP contribution >= 0.6 is 0 Å². The van der Waals surface area contributed by atoms with Gasteiger partial charge in [0.1, 0.15) is 5.75 Å². The van der Waals surface area contributed by atoms with Gasteiger partial charge in [-0.3, -0.25) is 4.79 Å². The van der Waals surface area contributed by atoms with Crippen molar-refractivity contribution in [1.82, 2.24) is 0 Å². The first-order valence-electron chi connectivity index (χ1n) is 6.65. The van der Waals surface area contributed by atoms with E-state index in [1.54, 1.807) is 0 Å². The number of hydrogen-bond acceptors (Lipinski definition) is 3. The van der Waals surface area contributed by atoms with E-state index in [-0.39, 0.29) is 11.2 Å². The minimum atomic E-state index is 0.0682. The van der Waals surface area contributed by atoms with E-state index in [4.69, 9.17) is 10.5 Å². The van der Waals surface area contributed by atoms with Crippen LogP contribution in [0.2, 0.25) is 0 Å². The predicted molar refractivity (Wildman–Crippen MR) is 71.9 cm³/mol. The molecule has 98 valence electrons. The number of ether oxygens (including phenoxy) is 1. The summed E-state index contributed by atoms with van der Waals surface area (Å²) in [4.78, 5) is 12.3. The molecule has 0 saturated heterocycles. The lowest BCUT2D eigenvalue weighted by Gasteiger charge is -2.40. The van der Waals surface area contributed by atoms with Gasteiger partial charge in [-0.1, -0.05) is 18.6 Å². The average Bonchev–Trinajstić information content (AvgIpc) is 2.34. The van der Waals surface area contributed by atoms with Crippen LogP contribution in [0.25, 0.3) is 0 Å². The standard InChI is InChI=1S/C15H21NO2/c1-2-18-13-6-3-5-12(9-13)14(17)10-15(11-16)7-4-8-15/h3,5-6,9H,2,4,7-8,10-11,16H2,1H3. The van der Waals surface area contributed by atoms with Crippen molar-refractivity contribution in [3.63, 3.8) is 0 Å². The summed E-state index contributed by atoms with van der Waals surface area (Å²) in [6.45, 7) is 3.17. The normalized spacial score (nSPS) is 17.0. The van der Waals surface area contributed by atoms with E-state index in [0.717, 1.165) is 24.2 Å². The summed E-state index contributed by atoms with van der Waals surface area (Å²) < 4.78 is 5.42. The van der Waals surface area contributed by atoms with Gasteiger partial charge in [-0.25, -0.2) is 0 Å². The second-order valence-corrected chi connectivity index (χ2v) is 5.12. The Kier molecular flexibility index (Phi) is 4.02. The third-order valence-corrected chi connectivity index (χ3v) is 3.85. The van der Waals surface area contributed by atoms with E-state index in [9.17, 15) is 4.79 Å². The van der Waals surface area contributed by atoms with Crippen LogP contribution in [0, 0.1) is 5.41 Å². The Morgan fingerprint density at radius 1 is 1.44 bits per heavy atom.